The fourth-order valence-corrected chi connectivity index (χ4v) is 2.60. The Labute approximate surface area is 127 Å². The monoisotopic (exact) mass is 283 g/mol. The number of hydrogen-bond acceptors (Lipinski definition) is 2. The van der Waals surface area contributed by atoms with Gasteiger partial charge in [-0.05, 0) is 67.1 Å². The van der Waals surface area contributed by atoms with Gasteiger partial charge in [-0.2, -0.15) is 0 Å². The summed E-state index contributed by atoms with van der Waals surface area (Å²) in [4.78, 5) is 0. The first kappa shape index (κ1) is 15.6. The maximum absolute atomic E-state index is 5.98. The van der Waals surface area contributed by atoms with Gasteiger partial charge in [0.1, 0.15) is 11.5 Å². The topological polar surface area (TPSA) is 35.2 Å². The Hall–Kier alpha value is -1.80. The van der Waals surface area contributed by atoms with Crippen LogP contribution in [0.2, 0.25) is 0 Å². The molecular formula is C19H25NO. The number of hydrogen-bond donors (Lipinski definition) is 1. The van der Waals surface area contributed by atoms with Gasteiger partial charge in [0, 0.05) is 6.04 Å². The minimum atomic E-state index is 0.160. The third kappa shape index (κ3) is 4.33. The van der Waals surface area contributed by atoms with Gasteiger partial charge in [-0.25, -0.2) is 0 Å². The molecule has 0 aromatic heterocycles. The van der Waals surface area contributed by atoms with Crippen LogP contribution in [0.1, 0.15) is 43.4 Å². The third-order valence-corrected chi connectivity index (χ3v) is 3.56. The van der Waals surface area contributed by atoms with Crippen LogP contribution in [0.5, 0.6) is 11.5 Å². The van der Waals surface area contributed by atoms with Crippen LogP contribution in [0.15, 0.2) is 42.5 Å². The first-order valence-electron chi connectivity index (χ1n) is 7.58. The molecule has 1 unspecified atom stereocenters. The fourth-order valence-electron chi connectivity index (χ4n) is 2.60. The summed E-state index contributed by atoms with van der Waals surface area (Å²) in [5.41, 5.74) is 9.70. The van der Waals surface area contributed by atoms with Crippen molar-refractivity contribution in [2.75, 3.05) is 0 Å². The summed E-state index contributed by atoms with van der Waals surface area (Å²) in [6.07, 6.45) is 0.864. The zero-order valence-corrected chi connectivity index (χ0v) is 13.4. The molecule has 2 rings (SSSR count). The maximum atomic E-state index is 5.98. The lowest BCUT2D eigenvalue weighted by Crippen LogP contribution is -2.17. The van der Waals surface area contributed by atoms with Crippen LogP contribution in [0, 0.1) is 6.92 Å². The molecular weight excluding hydrogens is 258 g/mol. The summed E-state index contributed by atoms with van der Waals surface area (Å²) in [5.74, 6) is 2.29. The standard InChI is InChI=1S/C19H25NO/c1-13(2)19-9-8-18(10-14(19)3)21-17-7-5-6-16(12-17)11-15(4)20/h5-10,12-13,15H,11,20H2,1-4H3. The van der Waals surface area contributed by atoms with Crippen molar-refractivity contribution in [3.8, 4) is 11.5 Å². The lowest BCUT2D eigenvalue weighted by molar-refractivity contribution is 0.481. The molecule has 2 N–H and O–H groups in total. The molecule has 1 atom stereocenters. The van der Waals surface area contributed by atoms with Crippen LogP contribution in [-0.2, 0) is 6.42 Å². The molecule has 0 heterocycles. The predicted molar refractivity (Wildman–Crippen MR) is 89.1 cm³/mol. The van der Waals surface area contributed by atoms with Crippen molar-refractivity contribution in [1.29, 1.82) is 0 Å². The molecule has 2 aromatic rings. The van der Waals surface area contributed by atoms with Gasteiger partial charge in [0.2, 0.25) is 0 Å². The molecule has 0 amide bonds. The molecule has 2 nitrogen and oxygen atoms in total. The first-order chi connectivity index (χ1) is 9.95. The highest BCUT2D eigenvalue weighted by Crippen LogP contribution is 2.27. The molecule has 0 fully saturated rings. The SMILES string of the molecule is Cc1cc(Oc2cccc(CC(C)N)c2)ccc1C(C)C. The largest absolute Gasteiger partial charge is 0.457 e. The van der Waals surface area contributed by atoms with Gasteiger partial charge >= 0.3 is 0 Å². The molecule has 0 radical (unpaired) electrons. The summed E-state index contributed by atoms with van der Waals surface area (Å²) in [6, 6.07) is 14.6. The highest BCUT2D eigenvalue weighted by atomic mass is 16.5. The van der Waals surface area contributed by atoms with E-state index in [1.54, 1.807) is 0 Å². The van der Waals surface area contributed by atoms with Gasteiger partial charge in [0.25, 0.3) is 0 Å². The fraction of sp³-hybridized carbons (Fsp3) is 0.368. The van der Waals surface area contributed by atoms with Gasteiger partial charge in [0.15, 0.2) is 0 Å². The van der Waals surface area contributed by atoms with Gasteiger partial charge in [-0.15, -0.1) is 0 Å². The van der Waals surface area contributed by atoms with Crippen LogP contribution in [0.4, 0.5) is 0 Å². The molecule has 0 spiro atoms. The highest BCUT2D eigenvalue weighted by Gasteiger charge is 2.06. The molecule has 0 aliphatic carbocycles. The number of nitrogens with two attached hydrogens (primary N) is 1. The van der Waals surface area contributed by atoms with Gasteiger partial charge in [-0.3, -0.25) is 0 Å². The molecule has 2 aromatic carbocycles. The lowest BCUT2D eigenvalue weighted by atomic mass is 9.98. The van der Waals surface area contributed by atoms with Crippen molar-refractivity contribution in [2.24, 2.45) is 5.73 Å². The van der Waals surface area contributed by atoms with Crippen molar-refractivity contribution in [3.63, 3.8) is 0 Å². The minimum Gasteiger partial charge on any atom is -0.457 e. The molecule has 0 saturated heterocycles. The summed E-state index contributed by atoms with van der Waals surface area (Å²) in [6.45, 7) is 8.57. The number of aryl methyl sites for hydroxylation is 1. The van der Waals surface area contributed by atoms with E-state index in [0.717, 1.165) is 17.9 Å². The predicted octanol–water partition coefficient (Wildman–Crippen LogP) is 4.80. The highest BCUT2D eigenvalue weighted by molar-refractivity contribution is 5.40. The quantitative estimate of drug-likeness (QED) is 0.855. The molecule has 0 bridgehead atoms. The summed E-state index contributed by atoms with van der Waals surface area (Å²) in [7, 11) is 0. The Kier molecular flexibility index (Phi) is 5.03. The average molecular weight is 283 g/mol. The van der Waals surface area contributed by atoms with Gasteiger partial charge < -0.3 is 10.5 Å². The van der Waals surface area contributed by atoms with E-state index in [1.807, 2.05) is 25.1 Å². The zero-order valence-electron chi connectivity index (χ0n) is 13.4. The molecule has 0 saturated carbocycles. The van der Waals surface area contributed by atoms with E-state index in [1.165, 1.54) is 16.7 Å². The van der Waals surface area contributed by atoms with Crippen molar-refractivity contribution in [2.45, 2.75) is 46.1 Å². The van der Waals surface area contributed by atoms with E-state index in [-0.39, 0.29) is 6.04 Å². The first-order valence-corrected chi connectivity index (χ1v) is 7.58. The van der Waals surface area contributed by atoms with Crippen molar-refractivity contribution >= 4 is 0 Å². The van der Waals surface area contributed by atoms with E-state index >= 15 is 0 Å². The Morgan fingerprint density at radius 3 is 2.33 bits per heavy atom. The van der Waals surface area contributed by atoms with Crippen LogP contribution in [-0.4, -0.2) is 6.04 Å². The van der Waals surface area contributed by atoms with E-state index in [4.69, 9.17) is 10.5 Å². The molecule has 112 valence electrons. The third-order valence-electron chi connectivity index (χ3n) is 3.56. The molecule has 21 heavy (non-hydrogen) atoms. The average Bonchev–Trinajstić information content (AvgIpc) is 2.37. The number of ether oxygens (including phenoxy) is 1. The van der Waals surface area contributed by atoms with Crippen LogP contribution in [0.3, 0.4) is 0 Å². The van der Waals surface area contributed by atoms with Crippen molar-refractivity contribution in [1.82, 2.24) is 0 Å². The van der Waals surface area contributed by atoms with E-state index in [2.05, 4.69) is 45.0 Å². The number of benzene rings is 2. The molecule has 0 aliphatic rings. The van der Waals surface area contributed by atoms with Crippen LogP contribution in [0.25, 0.3) is 0 Å². The second-order valence-corrected chi connectivity index (χ2v) is 6.10. The summed E-state index contributed by atoms with van der Waals surface area (Å²) >= 11 is 0. The summed E-state index contributed by atoms with van der Waals surface area (Å²) < 4.78 is 5.98. The van der Waals surface area contributed by atoms with Crippen molar-refractivity contribution < 1.29 is 4.74 Å². The second kappa shape index (κ2) is 6.77. The van der Waals surface area contributed by atoms with Crippen LogP contribution >= 0.6 is 0 Å². The normalized spacial score (nSPS) is 12.5. The number of rotatable bonds is 5. The molecule has 0 aliphatic heterocycles. The maximum Gasteiger partial charge on any atom is 0.127 e. The van der Waals surface area contributed by atoms with Crippen molar-refractivity contribution in [3.05, 3.63) is 59.2 Å². The lowest BCUT2D eigenvalue weighted by Gasteiger charge is -2.13. The molecule has 2 heteroatoms. The Morgan fingerprint density at radius 2 is 1.71 bits per heavy atom. The van der Waals surface area contributed by atoms with Crippen LogP contribution < -0.4 is 10.5 Å². The van der Waals surface area contributed by atoms with E-state index in [9.17, 15) is 0 Å². The second-order valence-electron chi connectivity index (χ2n) is 6.10. The minimum absolute atomic E-state index is 0.160. The summed E-state index contributed by atoms with van der Waals surface area (Å²) in [5, 5.41) is 0. The Bertz CT molecular complexity index is 602. The van der Waals surface area contributed by atoms with Gasteiger partial charge in [0.05, 0.1) is 0 Å². The Morgan fingerprint density at radius 1 is 1.00 bits per heavy atom. The van der Waals surface area contributed by atoms with E-state index < -0.39 is 0 Å². The smallest absolute Gasteiger partial charge is 0.127 e. The van der Waals surface area contributed by atoms with E-state index in [0.29, 0.717) is 5.92 Å². The Balaban J connectivity index is 2.16. The van der Waals surface area contributed by atoms with Gasteiger partial charge in [-0.1, -0.05) is 32.0 Å². The zero-order chi connectivity index (χ0) is 15.4.